The average Bonchev–Trinajstić information content (AvgIpc) is 2.47. The van der Waals surface area contributed by atoms with Gasteiger partial charge >= 0.3 is 5.97 Å². The molecule has 0 spiro atoms. The van der Waals surface area contributed by atoms with Gasteiger partial charge in [0, 0.05) is 10.6 Å². The van der Waals surface area contributed by atoms with Crippen LogP contribution in [0.5, 0.6) is 5.75 Å². The van der Waals surface area contributed by atoms with E-state index in [2.05, 4.69) is 5.16 Å². The Balaban J connectivity index is 2.19. The highest BCUT2D eigenvalue weighted by Crippen LogP contribution is 2.32. The van der Waals surface area contributed by atoms with Gasteiger partial charge in [0.15, 0.2) is 0 Å². The Bertz CT molecular complexity index is 714. The van der Waals surface area contributed by atoms with Crippen LogP contribution in [0.1, 0.15) is 21.5 Å². The monoisotopic (exact) mass is 339 g/mol. The predicted octanol–water partition coefficient (Wildman–Crippen LogP) is 4.08. The van der Waals surface area contributed by atoms with Crippen molar-refractivity contribution in [3.63, 3.8) is 0 Å². The molecule has 2 aromatic carbocycles. The van der Waals surface area contributed by atoms with Crippen LogP contribution in [0.15, 0.2) is 41.6 Å². The van der Waals surface area contributed by atoms with Crippen LogP contribution < -0.4 is 4.74 Å². The molecule has 2 aromatic rings. The molecule has 0 saturated carbocycles. The van der Waals surface area contributed by atoms with Crippen LogP contribution in [0.2, 0.25) is 10.0 Å². The summed E-state index contributed by atoms with van der Waals surface area (Å²) in [6.45, 7) is 0.174. The minimum Gasteiger partial charge on any atom is -0.487 e. The lowest BCUT2D eigenvalue weighted by molar-refractivity contribution is 0.0697. The number of carboxylic acid groups (broad SMARTS) is 1. The first kappa shape index (κ1) is 16.1. The summed E-state index contributed by atoms with van der Waals surface area (Å²) < 4.78 is 5.62. The molecule has 0 heterocycles. The molecule has 5 nitrogen and oxygen atoms in total. The second kappa shape index (κ2) is 7.15. The number of rotatable bonds is 5. The number of aromatic carboxylic acids is 1. The van der Waals surface area contributed by atoms with Crippen LogP contribution in [0, 0.1) is 0 Å². The van der Waals surface area contributed by atoms with Gasteiger partial charge in [0.1, 0.15) is 12.4 Å². The second-order valence-electron chi connectivity index (χ2n) is 4.34. The Labute approximate surface area is 136 Å². The van der Waals surface area contributed by atoms with Crippen LogP contribution in [0.25, 0.3) is 0 Å². The maximum atomic E-state index is 10.8. The van der Waals surface area contributed by atoms with Crippen molar-refractivity contribution in [2.75, 3.05) is 0 Å². The number of ether oxygens (including phenoxy) is 1. The number of benzene rings is 2. The summed E-state index contributed by atoms with van der Waals surface area (Å²) in [6.07, 6.45) is 1.17. The number of hydrogen-bond donors (Lipinski definition) is 2. The standard InChI is InChI=1S/C15H11Cl2NO4/c16-12-5-11(7-18-21)14(13(17)6-12)22-8-9-1-3-10(4-2-9)15(19)20/h1-7,21H,8H2,(H,19,20)/b18-7-. The first-order valence-corrected chi connectivity index (χ1v) is 6.88. The summed E-state index contributed by atoms with van der Waals surface area (Å²) in [6, 6.07) is 9.33. The maximum Gasteiger partial charge on any atom is 0.335 e. The number of carbonyl (C=O) groups is 1. The van der Waals surface area contributed by atoms with Crippen molar-refractivity contribution < 1.29 is 19.8 Å². The van der Waals surface area contributed by atoms with E-state index in [0.29, 0.717) is 16.3 Å². The molecule has 0 bridgehead atoms. The minimum atomic E-state index is -0.991. The predicted molar refractivity (Wildman–Crippen MR) is 83.6 cm³/mol. The van der Waals surface area contributed by atoms with Gasteiger partial charge in [-0.25, -0.2) is 4.79 Å². The molecular formula is C15H11Cl2NO4. The van der Waals surface area contributed by atoms with Crippen molar-refractivity contribution in [2.45, 2.75) is 6.61 Å². The van der Waals surface area contributed by atoms with Crippen molar-refractivity contribution in [3.8, 4) is 5.75 Å². The van der Waals surface area contributed by atoms with E-state index in [-0.39, 0.29) is 17.2 Å². The zero-order valence-corrected chi connectivity index (χ0v) is 12.7. The zero-order valence-electron chi connectivity index (χ0n) is 11.2. The summed E-state index contributed by atoms with van der Waals surface area (Å²) in [5, 5.41) is 21.1. The molecule has 22 heavy (non-hydrogen) atoms. The minimum absolute atomic E-state index is 0.174. The third kappa shape index (κ3) is 3.90. The number of oxime groups is 1. The SMILES string of the molecule is O=C(O)c1ccc(COc2c(Cl)cc(Cl)cc2/C=N\O)cc1. The van der Waals surface area contributed by atoms with Gasteiger partial charge in [0.25, 0.3) is 0 Å². The van der Waals surface area contributed by atoms with Crippen LogP contribution in [0.4, 0.5) is 0 Å². The Morgan fingerprint density at radius 1 is 1.23 bits per heavy atom. The highest BCUT2D eigenvalue weighted by atomic mass is 35.5. The summed E-state index contributed by atoms with van der Waals surface area (Å²) in [4.78, 5) is 10.8. The number of nitrogens with zero attached hydrogens (tertiary/aromatic N) is 1. The lowest BCUT2D eigenvalue weighted by Gasteiger charge is -2.11. The molecule has 0 amide bonds. The van der Waals surface area contributed by atoms with E-state index in [1.54, 1.807) is 18.2 Å². The molecular weight excluding hydrogens is 329 g/mol. The molecule has 0 atom stereocenters. The lowest BCUT2D eigenvalue weighted by atomic mass is 10.1. The summed E-state index contributed by atoms with van der Waals surface area (Å²) in [5.74, 6) is -0.666. The van der Waals surface area contributed by atoms with Gasteiger partial charge in [-0.1, -0.05) is 40.5 Å². The molecule has 0 aliphatic rings. The summed E-state index contributed by atoms with van der Waals surface area (Å²) in [7, 11) is 0. The second-order valence-corrected chi connectivity index (χ2v) is 5.18. The van der Waals surface area contributed by atoms with Gasteiger partial charge in [-0.3, -0.25) is 0 Å². The molecule has 7 heteroatoms. The Morgan fingerprint density at radius 3 is 2.50 bits per heavy atom. The van der Waals surface area contributed by atoms with E-state index in [4.69, 9.17) is 38.3 Å². The summed E-state index contributed by atoms with van der Waals surface area (Å²) in [5.41, 5.74) is 1.39. The van der Waals surface area contributed by atoms with Crippen LogP contribution >= 0.6 is 23.2 Å². The topological polar surface area (TPSA) is 79.1 Å². The van der Waals surface area contributed by atoms with E-state index in [0.717, 1.165) is 5.56 Å². The highest BCUT2D eigenvalue weighted by molar-refractivity contribution is 6.36. The molecule has 2 rings (SSSR count). The first-order chi connectivity index (χ1) is 10.5. The van der Waals surface area contributed by atoms with Gasteiger partial charge in [-0.05, 0) is 29.8 Å². The third-order valence-electron chi connectivity index (χ3n) is 2.82. The first-order valence-electron chi connectivity index (χ1n) is 6.12. The fraction of sp³-hybridized carbons (Fsp3) is 0.0667. The Kier molecular flexibility index (Phi) is 5.25. The van der Waals surface area contributed by atoms with E-state index in [1.165, 1.54) is 24.4 Å². The van der Waals surface area contributed by atoms with Gasteiger partial charge in [0.2, 0.25) is 0 Å². The van der Waals surface area contributed by atoms with E-state index in [9.17, 15) is 4.79 Å². The van der Waals surface area contributed by atoms with Gasteiger partial charge in [-0.2, -0.15) is 0 Å². The van der Waals surface area contributed by atoms with Crippen molar-refractivity contribution in [1.82, 2.24) is 0 Å². The molecule has 0 saturated heterocycles. The average molecular weight is 340 g/mol. The van der Waals surface area contributed by atoms with Gasteiger partial charge in [0.05, 0.1) is 16.8 Å². The van der Waals surface area contributed by atoms with Crippen molar-refractivity contribution in [1.29, 1.82) is 0 Å². The quantitative estimate of drug-likeness (QED) is 0.488. The highest BCUT2D eigenvalue weighted by Gasteiger charge is 2.10. The van der Waals surface area contributed by atoms with Crippen LogP contribution in [-0.4, -0.2) is 22.5 Å². The molecule has 0 aliphatic carbocycles. The molecule has 0 aromatic heterocycles. The maximum absolute atomic E-state index is 10.8. The smallest absolute Gasteiger partial charge is 0.335 e. The molecule has 114 valence electrons. The summed E-state index contributed by atoms with van der Waals surface area (Å²) >= 11 is 12.0. The largest absolute Gasteiger partial charge is 0.487 e. The van der Waals surface area contributed by atoms with Gasteiger partial charge < -0.3 is 15.1 Å². The van der Waals surface area contributed by atoms with Gasteiger partial charge in [-0.15, -0.1) is 0 Å². The normalized spacial score (nSPS) is 10.8. The molecule has 0 radical (unpaired) electrons. The molecule has 0 fully saturated rings. The molecule has 2 N–H and O–H groups in total. The van der Waals surface area contributed by atoms with E-state index in [1.807, 2.05) is 0 Å². The Morgan fingerprint density at radius 2 is 1.91 bits per heavy atom. The van der Waals surface area contributed by atoms with Crippen molar-refractivity contribution >= 4 is 35.4 Å². The number of hydrogen-bond acceptors (Lipinski definition) is 4. The van der Waals surface area contributed by atoms with E-state index < -0.39 is 5.97 Å². The zero-order chi connectivity index (χ0) is 16.1. The lowest BCUT2D eigenvalue weighted by Crippen LogP contribution is -2.01. The van der Waals surface area contributed by atoms with Crippen LogP contribution in [-0.2, 0) is 6.61 Å². The number of carboxylic acids is 1. The third-order valence-corrected chi connectivity index (χ3v) is 3.32. The molecule has 0 unspecified atom stereocenters. The van der Waals surface area contributed by atoms with Crippen LogP contribution in [0.3, 0.4) is 0 Å². The van der Waals surface area contributed by atoms with Crippen molar-refractivity contribution in [3.05, 3.63) is 63.1 Å². The Hall–Kier alpha value is -2.24. The van der Waals surface area contributed by atoms with Crippen molar-refractivity contribution in [2.24, 2.45) is 5.16 Å². The fourth-order valence-corrected chi connectivity index (χ4v) is 2.35. The van der Waals surface area contributed by atoms with E-state index >= 15 is 0 Å². The molecule has 0 aliphatic heterocycles. The number of halogens is 2. The fourth-order valence-electron chi connectivity index (χ4n) is 1.79.